The zero-order valence-electron chi connectivity index (χ0n) is 18.0. The number of carbonyl (C=O) groups is 1. The van der Waals surface area contributed by atoms with Crippen LogP contribution in [0.2, 0.25) is 0 Å². The molecule has 2 aromatic rings. The SMILES string of the molecule is CN=CC(=CN)c1ccc2c(c1)[C@@H](C)CCN2c1cccc(NC)c1NCCC=O. The van der Waals surface area contributed by atoms with Crippen molar-refractivity contribution in [1.29, 1.82) is 0 Å². The van der Waals surface area contributed by atoms with Crippen LogP contribution in [-0.4, -0.2) is 39.7 Å². The maximum absolute atomic E-state index is 10.8. The molecule has 0 aliphatic carbocycles. The lowest BCUT2D eigenvalue weighted by molar-refractivity contribution is -0.107. The molecule has 2 aromatic carbocycles. The lowest BCUT2D eigenvalue weighted by atomic mass is 9.88. The maximum Gasteiger partial charge on any atom is 0.121 e. The van der Waals surface area contributed by atoms with E-state index in [1.807, 2.05) is 13.1 Å². The molecular formula is C24H31N5O. The van der Waals surface area contributed by atoms with Gasteiger partial charge in [-0.05, 0) is 47.7 Å². The summed E-state index contributed by atoms with van der Waals surface area (Å²) in [6.07, 6.45) is 5.86. The Morgan fingerprint density at radius 2 is 2.13 bits per heavy atom. The number of nitrogens with zero attached hydrogens (tertiary/aromatic N) is 2. The number of nitrogens with one attached hydrogen (secondary N) is 2. The van der Waals surface area contributed by atoms with Crippen molar-refractivity contribution in [2.24, 2.45) is 10.7 Å². The number of hydrogen-bond acceptors (Lipinski definition) is 6. The Kier molecular flexibility index (Phi) is 7.12. The van der Waals surface area contributed by atoms with Crippen molar-refractivity contribution in [1.82, 2.24) is 0 Å². The molecule has 0 amide bonds. The van der Waals surface area contributed by atoms with E-state index in [1.165, 1.54) is 11.3 Å². The number of hydrogen-bond donors (Lipinski definition) is 3. The van der Waals surface area contributed by atoms with Crippen molar-refractivity contribution in [3.05, 3.63) is 53.7 Å². The molecule has 0 radical (unpaired) electrons. The van der Waals surface area contributed by atoms with Gasteiger partial charge >= 0.3 is 0 Å². The van der Waals surface area contributed by atoms with Gasteiger partial charge in [-0.25, -0.2) is 0 Å². The largest absolute Gasteiger partial charge is 0.404 e. The van der Waals surface area contributed by atoms with Gasteiger partial charge in [-0.2, -0.15) is 0 Å². The summed E-state index contributed by atoms with van der Waals surface area (Å²) in [7, 11) is 3.67. The van der Waals surface area contributed by atoms with Gasteiger partial charge in [0.1, 0.15) is 6.29 Å². The van der Waals surface area contributed by atoms with Gasteiger partial charge in [0.05, 0.1) is 17.1 Å². The molecule has 30 heavy (non-hydrogen) atoms. The predicted octanol–water partition coefficient (Wildman–Crippen LogP) is 4.37. The van der Waals surface area contributed by atoms with Gasteiger partial charge in [-0.15, -0.1) is 0 Å². The molecule has 3 rings (SSSR count). The molecule has 6 heteroatoms. The van der Waals surface area contributed by atoms with Crippen LogP contribution in [0, 0.1) is 0 Å². The molecular weight excluding hydrogens is 374 g/mol. The lowest BCUT2D eigenvalue weighted by Crippen LogP contribution is -2.27. The van der Waals surface area contributed by atoms with E-state index in [0.717, 1.165) is 47.5 Å². The first-order valence-electron chi connectivity index (χ1n) is 10.4. The average molecular weight is 406 g/mol. The molecule has 0 saturated heterocycles. The first kappa shape index (κ1) is 21.4. The topological polar surface area (TPSA) is 82.8 Å². The quantitative estimate of drug-likeness (QED) is 0.345. The summed E-state index contributed by atoms with van der Waals surface area (Å²) in [5.74, 6) is 0.452. The highest BCUT2D eigenvalue weighted by Crippen LogP contribution is 2.44. The van der Waals surface area contributed by atoms with E-state index in [9.17, 15) is 4.79 Å². The molecule has 1 aliphatic rings. The molecule has 1 atom stereocenters. The third kappa shape index (κ3) is 4.32. The monoisotopic (exact) mass is 405 g/mol. The van der Waals surface area contributed by atoms with Crippen LogP contribution in [0.25, 0.3) is 5.57 Å². The molecule has 1 heterocycles. The predicted molar refractivity (Wildman–Crippen MR) is 128 cm³/mol. The Hall–Kier alpha value is -3.28. The second kappa shape index (κ2) is 9.96. The second-order valence-electron chi connectivity index (χ2n) is 7.46. The van der Waals surface area contributed by atoms with Crippen LogP contribution in [0.3, 0.4) is 0 Å². The Morgan fingerprint density at radius 1 is 1.30 bits per heavy atom. The Labute approximate surface area is 178 Å². The molecule has 0 aromatic heterocycles. The van der Waals surface area contributed by atoms with E-state index in [2.05, 4.69) is 57.8 Å². The summed E-state index contributed by atoms with van der Waals surface area (Å²) in [5, 5.41) is 6.72. The number of aldehydes is 1. The highest BCUT2D eigenvalue weighted by molar-refractivity contribution is 6.09. The molecule has 0 fully saturated rings. The summed E-state index contributed by atoms with van der Waals surface area (Å²) in [5.41, 5.74) is 13.5. The molecule has 158 valence electrons. The first-order chi connectivity index (χ1) is 14.6. The molecule has 0 saturated carbocycles. The van der Waals surface area contributed by atoms with Crippen molar-refractivity contribution in [2.45, 2.75) is 25.7 Å². The van der Waals surface area contributed by atoms with Gasteiger partial charge in [-0.3, -0.25) is 4.99 Å². The molecule has 0 unspecified atom stereocenters. The van der Waals surface area contributed by atoms with Crippen molar-refractivity contribution in [2.75, 3.05) is 42.7 Å². The molecule has 1 aliphatic heterocycles. The first-order valence-corrected chi connectivity index (χ1v) is 10.4. The molecule has 0 bridgehead atoms. The fraction of sp³-hybridized carbons (Fsp3) is 0.333. The van der Waals surface area contributed by atoms with Crippen molar-refractivity contribution in [3.8, 4) is 0 Å². The van der Waals surface area contributed by atoms with Crippen molar-refractivity contribution in [3.63, 3.8) is 0 Å². The highest BCUT2D eigenvalue weighted by atomic mass is 16.1. The third-order valence-corrected chi connectivity index (χ3v) is 5.58. The standard InChI is InChI=1S/C24H31N5O/c1-17-10-12-29(22-9-8-18(14-20(17)22)19(15-25)16-26-2)23-7-4-6-21(27-3)24(23)28-11-5-13-30/h4,6-9,13-17,27-28H,5,10-12,25H2,1-3H3/t17-/m0/s1. The van der Waals surface area contributed by atoms with Crippen LogP contribution in [0.5, 0.6) is 0 Å². The summed E-state index contributed by atoms with van der Waals surface area (Å²) in [4.78, 5) is 17.3. The second-order valence-corrected chi connectivity index (χ2v) is 7.46. The number of benzene rings is 2. The smallest absolute Gasteiger partial charge is 0.121 e. The van der Waals surface area contributed by atoms with Gasteiger partial charge in [0.15, 0.2) is 0 Å². The van der Waals surface area contributed by atoms with E-state index in [0.29, 0.717) is 18.9 Å². The minimum absolute atomic E-state index is 0.452. The number of anilines is 4. The van der Waals surface area contributed by atoms with E-state index in [-0.39, 0.29) is 0 Å². The van der Waals surface area contributed by atoms with E-state index < -0.39 is 0 Å². The van der Waals surface area contributed by atoms with Gasteiger partial charge in [-0.1, -0.05) is 19.1 Å². The average Bonchev–Trinajstić information content (AvgIpc) is 2.78. The summed E-state index contributed by atoms with van der Waals surface area (Å²) >= 11 is 0. The van der Waals surface area contributed by atoms with Gasteiger partial charge in [0.25, 0.3) is 0 Å². The van der Waals surface area contributed by atoms with Gasteiger partial charge in [0, 0.05) is 57.3 Å². The third-order valence-electron chi connectivity index (χ3n) is 5.58. The Morgan fingerprint density at radius 3 is 2.83 bits per heavy atom. The number of fused-ring (bicyclic) bond motifs is 1. The molecule has 4 N–H and O–H groups in total. The van der Waals surface area contributed by atoms with Crippen LogP contribution < -0.4 is 21.3 Å². The number of aliphatic imine (C=N–C) groups is 1. The van der Waals surface area contributed by atoms with Crippen LogP contribution in [-0.2, 0) is 4.79 Å². The Bertz CT molecular complexity index is 951. The van der Waals surface area contributed by atoms with Crippen LogP contribution >= 0.6 is 0 Å². The maximum atomic E-state index is 10.8. The molecule has 6 nitrogen and oxygen atoms in total. The summed E-state index contributed by atoms with van der Waals surface area (Å²) in [6, 6.07) is 12.7. The summed E-state index contributed by atoms with van der Waals surface area (Å²) < 4.78 is 0. The number of nitrogens with two attached hydrogens (primary N) is 1. The fourth-order valence-corrected chi connectivity index (χ4v) is 3.99. The van der Waals surface area contributed by atoms with E-state index >= 15 is 0 Å². The number of para-hydroxylation sites is 1. The van der Waals surface area contributed by atoms with Crippen molar-refractivity contribution >= 4 is 40.8 Å². The highest BCUT2D eigenvalue weighted by Gasteiger charge is 2.26. The minimum Gasteiger partial charge on any atom is -0.404 e. The van der Waals surface area contributed by atoms with E-state index in [1.54, 1.807) is 19.5 Å². The number of rotatable bonds is 8. The lowest BCUT2D eigenvalue weighted by Gasteiger charge is -2.36. The van der Waals surface area contributed by atoms with Crippen molar-refractivity contribution < 1.29 is 4.79 Å². The van der Waals surface area contributed by atoms with Crippen LogP contribution in [0.4, 0.5) is 22.7 Å². The Balaban J connectivity index is 2.06. The van der Waals surface area contributed by atoms with Gasteiger partial charge in [0.2, 0.25) is 0 Å². The van der Waals surface area contributed by atoms with Gasteiger partial charge < -0.3 is 26.1 Å². The zero-order valence-corrected chi connectivity index (χ0v) is 18.0. The van der Waals surface area contributed by atoms with E-state index in [4.69, 9.17) is 5.73 Å². The zero-order chi connectivity index (χ0) is 21.5. The molecule has 0 spiro atoms. The summed E-state index contributed by atoms with van der Waals surface area (Å²) in [6.45, 7) is 3.80. The normalized spacial score (nSPS) is 16.4. The minimum atomic E-state index is 0.452. The number of allylic oxidation sites excluding steroid dienone is 1. The fourth-order valence-electron chi connectivity index (χ4n) is 3.99. The number of carbonyl (C=O) groups excluding carboxylic acids is 1. The van der Waals surface area contributed by atoms with Crippen LogP contribution in [0.1, 0.15) is 36.8 Å². The van der Waals surface area contributed by atoms with Crippen LogP contribution in [0.15, 0.2) is 47.6 Å².